The summed E-state index contributed by atoms with van der Waals surface area (Å²) >= 11 is 6.05. The van der Waals surface area contributed by atoms with Crippen LogP contribution in [0.3, 0.4) is 0 Å². The fourth-order valence-electron chi connectivity index (χ4n) is 2.60. The van der Waals surface area contributed by atoms with Gasteiger partial charge in [-0.3, -0.25) is 9.59 Å². The van der Waals surface area contributed by atoms with E-state index in [1.165, 1.54) is 18.9 Å². The molecule has 0 unspecified atom stereocenters. The number of anilines is 3. The monoisotopic (exact) mass is 389 g/mol. The zero-order valence-electron chi connectivity index (χ0n) is 16.0. The second-order valence-electron chi connectivity index (χ2n) is 6.23. The van der Waals surface area contributed by atoms with Gasteiger partial charge in [-0.1, -0.05) is 11.6 Å². The zero-order chi connectivity index (χ0) is 20.0. The summed E-state index contributed by atoms with van der Waals surface area (Å²) in [6.45, 7) is 1.66. The van der Waals surface area contributed by atoms with Gasteiger partial charge in [-0.15, -0.1) is 0 Å². The van der Waals surface area contributed by atoms with Crippen LogP contribution in [0.4, 0.5) is 17.1 Å². The predicted molar refractivity (Wildman–Crippen MR) is 110 cm³/mol. The fraction of sp³-hybridized carbons (Fsp3) is 0.300. The van der Waals surface area contributed by atoms with E-state index >= 15 is 0 Å². The van der Waals surface area contributed by atoms with Crippen molar-refractivity contribution in [2.45, 2.75) is 13.3 Å². The SMILES string of the molecule is COc1ccc(Cl)cc1N(CCC(=O)Nc1ccc(N(C)C)cc1)C(C)=O. The highest BCUT2D eigenvalue weighted by Crippen LogP contribution is 2.31. The van der Waals surface area contributed by atoms with Gasteiger partial charge in [0.1, 0.15) is 5.75 Å². The van der Waals surface area contributed by atoms with E-state index in [-0.39, 0.29) is 24.8 Å². The predicted octanol–water partition coefficient (Wildman–Crippen LogP) is 3.80. The number of halogens is 1. The van der Waals surface area contributed by atoms with E-state index in [1.807, 2.05) is 43.3 Å². The average molecular weight is 390 g/mol. The first-order valence-electron chi connectivity index (χ1n) is 8.50. The summed E-state index contributed by atoms with van der Waals surface area (Å²) < 4.78 is 5.31. The van der Waals surface area contributed by atoms with Crippen LogP contribution < -0.4 is 19.9 Å². The fourth-order valence-corrected chi connectivity index (χ4v) is 2.77. The number of amides is 2. The highest BCUT2D eigenvalue weighted by atomic mass is 35.5. The van der Waals surface area contributed by atoms with Crippen molar-refractivity contribution in [3.8, 4) is 5.75 Å². The number of rotatable bonds is 7. The van der Waals surface area contributed by atoms with Gasteiger partial charge in [-0.2, -0.15) is 0 Å². The van der Waals surface area contributed by atoms with Gasteiger partial charge in [0.15, 0.2) is 0 Å². The van der Waals surface area contributed by atoms with Gasteiger partial charge in [0.05, 0.1) is 12.8 Å². The van der Waals surface area contributed by atoms with Crippen molar-refractivity contribution in [3.63, 3.8) is 0 Å². The molecular formula is C20H24ClN3O3. The number of carbonyl (C=O) groups excluding carboxylic acids is 2. The van der Waals surface area contributed by atoms with Crippen LogP contribution in [0.1, 0.15) is 13.3 Å². The maximum absolute atomic E-state index is 12.3. The Morgan fingerprint density at radius 3 is 2.33 bits per heavy atom. The number of benzene rings is 2. The lowest BCUT2D eigenvalue weighted by Crippen LogP contribution is -2.32. The summed E-state index contributed by atoms with van der Waals surface area (Å²) in [6.07, 6.45) is 0.144. The third-order valence-electron chi connectivity index (χ3n) is 4.04. The molecule has 0 radical (unpaired) electrons. The van der Waals surface area contributed by atoms with Crippen LogP contribution in [0.15, 0.2) is 42.5 Å². The molecule has 0 fully saturated rings. The molecule has 0 aromatic heterocycles. The largest absolute Gasteiger partial charge is 0.495 e. The van der Waals surface area contributed by atoms with Crippen molar-refractivity contribution in [1.29, 1.82) is 0 Å². The first kappa shape index (κ1) is 20.6. The van der Waals surface area contributed by atoms with Gasteiger partial charge >= 0.3 is 0 Å². The van der Waals surface area contributed by atoms with Crippen molar-refractivity contribution in [3.05, 3.63) is 47.5 Å². The van der Waals surface area contributed by atoms with Crippen molar-refractivity contribution in [2.24, 2.45) is 0 Å². The van der Waals surface area contributed by atoms with E-state index in [1.54, 1.807) is 18.2 Å². The van der Waals surface area contributed by atoms with Gasteiger partial charge in [-0.25, -0.2) is 0 Å². The number of carbonyl (C=O) groups is 2. The van der Waals surface area contributed by atoms with E-state index in [0.717, 1.165) is 5.69 Å². The first-order valence-corrected chi connectivity index (χ1v) is 8.88. The molecule has 27 heavy (non-hydrogen) atoms. The van der Waals surface area contributed by atoms with Crippen molar-refractivity contribution in [1.82, 2.24) is 0 Å². The molecule has 0 aliphatic carbocycles. The molecule has 2 rings (SSSR count). The number of hydrogen-bond acceptors (Lipinski definition) is 4. The van der Waals surface area contributed by atoms with E-state index in [0.29, 0.717) is 22.1 Å². The lowest BCUT2D eigenvalue weighted by Gasteiger charge is -2.23. The summed E-state index contributed by atoms with van der Waals surface area (Å²) in [5, 5.41) is 3.33. The number of methoxy groups -OCH3 is 1. The Kier molecular flexibility index (Phi) is 7.07. The third-order valence-corrected chi connectivity index (χ3v) is 4.28. The van der Waals surface area contributed by atoms with Crippen molar-refractivity contribution in [2.75, 3.05) is 42.9 Å². The lowest BCUT2D eigenvalue weighted by molar-refractivity contribution is -0.117. The van der Waals surface area contributed by atoms with Crippen LogP contribution >= 0.6 is 11.6 Å². The van der Waals surface area contributed by atoms with Gasteiger partial charge in [-0.05, 0) is 42.5 Å². The molecule has 6 nitrogen and oxygen atoms in total. The molecule has 0 aliphatic rings. The molecule has 0 aliphatic heterocycles. The maximum atomic E-state index is 12.3. The number of nitrogens with zero attached hydrogens (tertiary/aromatic N) is 2. The molecular weight excluding hydrogens is 366 g/mol. The first-order chi connectivity index (χ1) is 12.8. The molecule has 0 bridgehead atoms. The quantitative estimate of drug-likeness (QED) is 0.782. The molecule has 0 atom stereocenters. The highest BCUT2D eigenvalue weighted by molar-refractivity contribution is 6.31. The summed E-state index contributed by atoms with van der Waals surface area (Å²) in [7, 11) is 5.43. The van der Waals surface area contributed by atoms with Crippen LogP contribution in [0.5, 0.6) is 5.75 Å². The molecule has 0 heterocycles. The van der Waals surface area contributed by atoms with E-state index in [4.69, 9.17) is 16.3 Å². The van der Waals surface area contributed by atoms with Crippen molar-refractivity contribution >= 4 is 40.5 Å². The molecule has 2 aromatic rings. The second kappa shape index (κ2) is 9.28. The van der Waals surface area contributed by atoms with Crippen LogP contribution in [-0.2, 0) is 9.59 Å². The standard InChI is InChI=1S/C20H24ClN3O3/c1-14(25)24(18-13-15(21)5-10-19(18)27-4)12-11-20(26)22-16-6-8-17(9-7-16)23(2)3/h5-10,13H,11-12H2,1-4H3,(H,22,26). The molecule has 0 spiro atoms. The van der Waals surface area contributed by atoms with Gasteiger partial charge in [0.2, 0.25) is 11.8 Å². The van der Waals surface area contributed by atoms with E-state index in [9.17, 15) is 9.59 Å². The zero-order valence-corrected chi connectivity index (χ0v) is 16.7. The Hall–Kier alpha value is -2.73. The Balaban J connectivity index is 2.04. The number of hydrogen-bond donors (Lipinski definition) is 1. The summed E-state index contributed by atoms with van der Waals surface area (Å²) in [4.78, 5) is 27.8. The minimum Gasteiger partial charge on any atom is -0.495 e. The lowest BCUT2D eigenvalue weighted by atomic mass is 10.2. The van der Waals surface area contributed by atoms with Gasteiger partial charge in [0.25, 0.3) is 0 Å². The molecule has 0 saturated heterocycles. The van der Waals surface area contributed by atoms with Crippen LogP contribution in [0.25, 0.3) is 0 Å². The second-order valence-corrected chi connectivity index (χ2v) is 6.66. The smallest absolute Gasteiger partial charge is 0.226 e. The third kappa shape index (κ3) is 5.62. The molecule has 1 N–H and O–H groups in total. The Morgan fingerprint density at radius 2 is 1.78 bits per heavy atom. The van der Waals surface area contributed by atoms with E-state index < -0.39 is 0 Å². The molecule has 2 amide bonds. The summed E-state index contributed by atoms with van der Waals surface area (Å²) in [6, 6.07) is 12.6. The Bertz CT molecular complexity index is 807. The Labute approximate surface area is 164 Å². The Morgan fingerprint density at radius 1 is 1.11 bits per heavy atom. The van der Waals surface area contributed by atoms with E-state index in [2.05, 4.69) is 5.32 Å². The van der Waals surface area contributed by atoms with Gasteiger partial charge in [0, 0.05) is 50.4 Å². The average Bonchev–Trinajstić information content (AvgIpc) is 2.62. The number of nitrogens with one attached hydrogen (secondary N) is 1. The maximum Gasteiger partial charge on any atom is 0.226 e. The summed E-state index contributed by atoms with van der Waals surface area (Å²) in [5.74, 6) is 0.146. The topological polar surface area (TPSA) is 61.9 Å². The summed E-state index contributed by atoms with van der Waals surface area (Å²) in [5.41, 5.74) is 2.30. The van der Waals surface area contributed by atoms with Crippen LogP contribution in [0.2, 0.25) is 5.02 Å². The highest BCUT2D eigenvalue weighted by Gasteiger charge is 2.18. The van der Waals surface area contributed by atoms with Crippen LogP contribution in [0, 0.1) is 0 Å². The molecule has 7 heteroatoms. The molecule has 144 valence electrons. The van der Waals surface area contributed by atoms with Crippen LogP contribution in [-0.4, -0.2) is 39.6 Å². The molecule has 2 aromatic carbocycles. The minimum absolute atomic E-state index is 0.144. The normalized spacial score (nSPS) is 10.3. The number of ether oxygens (including phenoxy) is 1. The van der Waals surface area contributed by atoms with Gasteiger partial charge < -0.3 is 19.9 Å². The minimum atomic E-state index is -0.196. The molecule has 0 saturated carbocycles. The van der Waals surface area contributed by atoms with Crippen molar-refractivity contribution < 1.29 is 14.3 Å².